The standard InChI is InChI=1S/C13H10F3N7O/c14-13(15,16)8-2-1-3-9(4-8)20-12(17)11-10(21-24-22-11)5-23-6-18-19-7-23/h1-4,6-7H,5H2,(H2,17,20). The third kappa shape index (κ3) is 3.39. The molecule has 0 aliphatic heterocycles. The molecule has 24 heavy (non-hydrogen) atoms. The molecule has 0 radical (unpaired) electrons. The number of hydrogen-bond donors (Lipinski definition) is 2. The van der Waals surface area contributed by atoms with Gasteiger partial charge in [-0.1, -0.05) is 11.2 Å². The second-order valence-electron chi connectivity index (χ2n) is 4.77. The van der Waals surface area contributed by atoms with E-state index in [-0.39, 0.29) is 23.8 Å². The van der Waals surface area contributed by atoms with Gasteiger partial charge in [-0.05, 0) is 23.4 Å². The molecule has 8 nitrogen and oxygen atoms in total. The summed E-state index contributed by atoms with van der Waals surface area (Å²) in [5.74, 6) is -0.237. The molecule has 2 aromatic heterocycles. The van der Waals surface area contributed by atoms with Crippen molar-refractivity contribution in [2.24, 2.45) is 0 Å². The van der Waals surface area contributed by atoms with E-state index >= 15 is 0 Å². The normalized spacial score (nSPS) is 11.5. The van der Waals surface area contributed by atoms with Crippen molar-refractivity contribution in [3.63, 3.8) is 0 Å². The number of halogens is 3. The minimum Gasteiger partial charge on any atom is -0.339 e. The molecular formula is C13H10F3N7O. The van der Waals surface area contributed by atoms with Gasteiger partial charge in [-0.3, -0.25) is 5.41 Å². The van der Waals surface area contributed by atoms with Crippen LogP contribution in [0, 0.1) is 5.41 Å². The van der Waals surface area contributed by atoms with E-state index < -0.39 is 11.7 Å². The van der Waals surface area contributed by atoms with Gasteiger partial charge in [0.15, 0.2) is 11.5 Å². The van der Waals surface area contributed by atoms with Crippen LogP contribution in [-0.2, 0) is 12.7 Å². The number of aromatic nitrogens is 5. The largest absolute Gasteiger partial charge is 0.416 e. The number of rotatable bonds is 4. The van der Waals surface area contributed by atoms with E-state index in [9.17, 15) is 13.2 Å². The Labute approximate surface area is 132 Å². The van der Waals surface area contributed by atoms with E-state index in [4.69, 9.17) is 5.41 Å². The van der Waals surface area contributed by atoms with Gasteiger partial charge in [-0.15, -0.1) is 10.2 Å². The first kappa shape index (κ1) is 15.6. The van der Waals surface area contributed by atoms with E-state index in [1.807, 2.05) is 0 Å². The van der Waals surface area contributed by atoms with Crippen LogP contribution in [0.5, 0.6) is 0 Å². The Balaban J connectivity index is 1.78. The summed E-state index contributed by atoms with van der Waals surface area (Å²) in [6.07, 6.45) is -1.57. The Hall–Kier alpha value is -3.24. The summed E-state index contributed by atoms with van der Waals surface area (Å²) in [7, 11) is 0. The van der Waals surface area contributed by atoms with Crippen LogP contribution in [0.1, 0.15) is 17.0 Å². The van der Waals surface area contributed by atoms with Gasteiger partial charge in [-0.2, -0.15) is 13.2 Å². The molecule has 0 aliphatic carbocycles. The highest BCUT2D eigenvalue weighted by Crippen LogP contribution is 2.30. The molecule has 124 valence electrons. The lowest BCUT2D eigenvalue weighted by Gasteiger charge is -2.10. The maximum atomic E-state index is 12.7. The summed E-state index contributed by atoms with van der Waals surface area (Å²) in [5.41, 5.74) is -0.309. The molecule has 2 N–H and O–H groups in total. The molecule has 3 rings (SSSR count). The monoisotopic (exact) mass is 337 g/mol. The third-order valence-corrected chi connectivity index (χ3v) is 3.05. The fourth-order valence-electron chi connectivity index (χ4n) is 1.95. The zero-order valence-corrected chi connectivity index (χ0v) is 11.9. The van der Waals surface area contributed by atoms with Crippen molar-refractivity contribution in [2.75, 3.05) is 5.32 Å². The summed E-state index contributed by atoms with van der Waals surface area (Å²) in [6, 6.07) is 4.51. The maximum Gasteiger partial charge on any atom is 0.416 e. The van der Waals surface area contributed by atoms with E-state index in [0.29, 0.717) is 5.69 Å². The Bertz CT molecular complexity index is 841. The van der Waals surface area contributed by atoms with Crippen LogP contribution in [-0.4, -0.2) is 30.9 Å². The topological polar surface area (TPSA) is 106 Å². The number of nitrogens with zero attached hydrogens (tertiary/aromatic N) is 5. The SMILES string of the molecule is N=C(Nc1cccc(C(F)(F)F)c1)c1nonc1Cn1cnnc1. The molecule has 11 heteroatoms. The highest BCUT2D eigenvalue weighted by atomic mass is 19.4. The molecule has 0 saturated heterocycles. The molecule has 1 aromatic carbocycles. The van der Waals surface area contributed by atoms with E-state index in [0.717, 1.165) is 12.1 Å². The van der Waals surface area contributed by atoms with Crippen molar-refractivity contribution in [2.45, 2.75) is 12.7 Å². The molecule has 2 heterocycles. The van der Waals surface area contributed by atoms with Crippen molar-refractivity contribution in [1.29, 1.82) is 5.41 Å². The molecule has 0 bridgehead atoms. The number of alkyl halides is 3. The van der Waals surface area contributed by atoms with Crippen molar-refractivity contribution < 1.29 is 17.8 Å². The summed E-state index contributed by atoms with van der Waals surface area (Å²) < 4.78 is 44.4. The lowest BCUT2D eigenvalue weighted by atomic mass is 10.2. The first-order valence-electron chi connectivity index (χ1n) is 6.60. The number of anilines is 1. The average molecular weight is 337 g/mol. The van der Waals surface area contributed by atoms with Gasteiger partial charge in [0.25, 0.3) is 0 Å². The van der Waals surface area contributed by atoms with Gasteiger partial charge >= 0.3 is 6.18 Å². The minimum absolute atomic E-state index is 0.0844. The van der Waals surface area contributed by atoms with Crippen molar-refractivity contribution >= 4 is 11.5 Å². The highest BCUT2D eigenvalue weighted by Gasteiger charge is 2.30. The van der Waals surface area contributed by atoms with Crippen LogP contribution in [0.2, 0.25) is 0 Å². The summed E-state index contributed by atoms with van der Waals surface area (Å²) in [6.45, 7) is 0.207. The quantitative estimate of drug-likeness (QED) is 0.558. The zero-order valence-electron chi connectivity index (χ0n) is 11.9. The number of benzene rings is 1. The Morgan fingerprint density at radius 2 is 1.96 bits per heavy atom. The van der Waals surface area contributed by atoms with E-state index in [2.05, 4.69) is 30.5 Å². The second-order valence-corrected chi connectivity index (χ2v) is 4.77. The Morgan fingerprint density at radius 3 is 2.67 bits per heavy atom. The molecule has 0 saturated carbocycles. The number of hydrogen-bond acceptors (Lipinski definition) is 6. The maximum absolute atomic E-state index is 12.7. The van der Waals surface area contributed by atoms with Gasteiger partial charge < -0.3 is 9.88 Å². The minimum atomic E-state index is -4.46. The summed E-state index contributed by atoms with van der Waals surface area (Å²) in [4.78, 5) is 0. The van der Waals surface area contributed by atoms with Crippen molar-refractivity contribution in [1.82, 2.24) is 25.1 Å². The Kier molecular flexibility index (Phi) is 3.98. The van der Waals surface area contributed by atoms with Gasteiger partial charge in [0.1, 0.15) is 18.3 Å². The van der Waals surface area contributed by atoms with Gasteiger partial charge in [-0.25, -0.2) is 4.63 Å². The van der Waals surface area contributed by atoms with Gasteiger partial charge in [0.2, 0.25) is 0 Å². The van der Waals surface area contributed by atoms with Crippen LogP contribution in [0.4, 0.5) is 18.9 Å². The average Bonchev–Trinajstić information content (AvgIpc) is 3.19. The van der Waals surface area contributed by atoms with Crippen LogP contribution >= 0.6 is 0 Å². The lowest BCUT2D eigenvalue weighted by molar-refractivity contribution is -0.137. The lowest BCUT2D eigenvalue weighted by Crippen LogP contribution is -2.16. The smallest absolute Gasteiger partial charge is 0.339 e. The van der Waals surface area contributed by atoms with Gasteiger partial charge in [0.05, 0.1) is 12.1 Å². The molecule has 0 fully saturated rings. The molecule has 3 aromatic rings. The number of nitrogens with one attached hydrogen (secondary N) is 2. The molecule has 0 aliphatic rings. The number of amidine groups is 1. The molecule has 0 amide bonds. The molecular weight excluding hydrogens is 327 g/mol. The highest BCUT2D eigenvalue weighted by molar-refractivity contribution is 6.05. The van der Waals surface area contributed by atoms with Crippen molar-refractivity contribution in [3.8, 4) is 0 Å². The molecule has 0 atom stereocenters. The predicted octanol–water partition coefficient (Wildman–Crippen LogP) is 2.17. The van der Waals surface area contributed by atoms with Crippen LogP contribution < -0.4 is 5.32 Å². The fourth-order valence-corrected chi connectivity index (χ4v) is 1.95. The van der Waals surface area contributed by atoms with Crippen LogP contribution in [0.25, 0.3) is 0 Å². The van der Waals surface area contributed by atoms with Crippen LogP contribution in [0.15, 0.2) is 41.5 Å². The predicted molar refractivity (Wildman–Crippen MR) is 75.3 cm³/mol. The van der Waals surface area contributed by atoms with Gasteiger partial charge in [0, 0.05) is 5.69 Å². The molecule has 0 spiro atoms. The van der Waals surface area contributed by atoms with Crippen molar-refractivity contribution in [3.05, 3.63) is 53.9 Å². The Morgan fingerprint density at radius 1 is 1.21 bits per heavy atom. The summed E-state index contributed by atoms with van der Waals surface area (Å²) in [5, 5.41) is 25.1. The third-order valence-electron chi connectivity index (χ3n) is 3.05. The first-order chi connectivity index (χ1) is 11.4. The fraction of sp³-hybridized carbons (Fsp3) is 0.154. The molecule has 0 unspecified atom stereocenters. The second kappa shape index (κ2) is 6.10. The van der Waals surface area contributed by atoms with E-state index in [1.54, 1.807) is 4.57 Å². The zero-order chi connectivity index (χ0) is 17.2. The first-order valence-corrected chi connectivity index (χ1v) is 6.60. The van der Waals surface area contributed by atoms with E-state index in [1.165, 1.54) is 24.8 Å². The van der Waals surface area contributed by atoms with Crippen LogP contribution in [0.3, 0.4) is 0 Å². The summed E-state index contributed by atoms with van der Waals surface area (Å²) >= 11 is 0.